The first-order chi connectivity index (χ1) is 16.5. The number of nitrogens with zero attached hydrogens (tertiary/aromatic N) is 4. The van der Waals surface area contributed by atoms with Crippen molar-refractivity contribution in [2.24, 2.45) is 11.0 Å². The first-order valence-electron chi connectivity index (χ1n) is 12.0. The van der Waals surface area contributed by atoms with Gasteiger partial charge in [0.2, 0.25) is 0 Å². The van der Waals surface area contributed by atoms with E-state index in [4.69, 9.17) is 28.3 Å². The predicted molar refractivity (Wildman–Crippen MR) is 139 cm³/mol. The standard InChI is InChI=1S/C27H30Cl2N4O/c1-31-13-15-32(16-14-31)18-25(34)33-27(20-7-11-23(29)12-8-20)24-4-2-3-21(26(24)30-33)17-19-5-9-22(28)10-6-19/h5-12,17,24,27H,2-4,13-16,18H2,1H3/b21-17-. The summed E-state index contributed by atoms with van der Waals surface area (Å²) in [5.74, 6) is 0.252. The van der Waals surface area contributed by atoms with Crippen molar-refractivity contribution < 1.29 is 4.79 Å². The molecule has 2 atom stereocenters. The van der Waals surface area contributed by atoms with Gasteiger partial charge in [0.1, 0.15) is 0 Å². The zero-order chi connectivity index (χ0) is 23.7. The molecule has 2 fully saturated rings. The molecule has 2 unspecified atom stereocenters. The maximum Gasteiger partial charge on any atom is 0.257 e. The number of halogens is 2. The first kappa shape index (κ1) is 23.6. The molecule has 1 saturated carbocycles. The molecule has 0 bridgehead atoms. The van der Waals surface area contributed by atoms with Crippen LogP contribution < -0.4 is 0 Å². The zero-order valence-electron chi connectivity index (χ0n) is 19.5. The van der Waals surface area contributed by atoms with Gasteiger partial charge in [-0.2, -0.15) is 5.10 Å². The van der Waals surface area contributed by atoms with Crippen LogP contribution in [0.2, 0.25) is 10.0 Å². The van der Waals surface area contributed by atoms with Gasteiger partial charge in [-0.1, -0.05) is 47.5 Å². The first-order valence-corrected chi connectivity index (χ1v) is 12.8. The van der Waals surface area contributed by atoms with E-state index >= 15 is 0 Å². The van der Waals surface area contributed by atoms with Crippen molar-refractivity contribution in [2.45, 2.75) is 25.3 Å². The van der Waals surface area contributed by atoms with Crippen LogP contribution >= 0.6 is 23.2 Å². The highest BCUT2D eigenvalue weighted by Crippen LogP contribution is 2.44. The molecule has 2 aromatic carbocycles. The lowest BCUT2D eigenvalue weighted by Crippen LogP contribution is -2.48. The number of amides is 1. The van der Waals surface area contributed by atoms with E-state index in [9.17, 15) is 4.79 Å². The molecule has 0 aromatic heterocycles. The summed E-state index contributed by atoms with van der Waals surface area (Å²) in [6.07, 6.45) is 5.26. The van der Waals surface area contributed by atoms with Crippen LogP contribution in [-0.2, 0) is 4.79 Å². The molecular weight excluding hydrogens is 467 g/mol. The zero-order valence-corrected chi connectivity index (χ0v) is 21.0. The van der Waals surface area contributed by atoms with Gasteiger partial charge in [-0.15, -0.1) is 0 Å². The molecule has 1 aliphatic carbocycles. The minimum absolute atomic E-state index is 0.0669. The molecule has 5 nitrogen and oxygen atoms in total. The largest absolute Gasteiger partial charge is 0.304 e. The summed E-state index contributed by atoms with van der Waals surface area (Å²) in [6.45, 7) is 4.18. The highest BCUT2D eigenvalue weighted by molar-refractivity contribution is 6.30. The normalized spacial score (nSPS) is 24.9. The monoisotopic (exact) mass is 496 g/mol. The minimum Gasteiger partial charge on any atom is -0.304 e. The van der Waals surface area contributed by atoms with E-state index in [0.717, 1.165) is 67.3 Å². The van der Waals surface area contributed by atoms with E-state index in [1.165, 1.54) is 5.57 Å². The van der Waals surface area contributed by atoms with Crippen molar-refractivity contribution in [1.29, 1.82) is 0 Å². The SMILES string of the molecule is CN1CCN(CC(=O)N2N=C3/C(=C\c4ccc(Cl)cc4)CCCC3C2c2ccc(Cl)cc2)CC1. The lowest BCUT2D eigenvalue weighted by atomic mass is 9.77. The van der Waals surface area contributed by atoms with Gasteiger partial charge in [0.25, 0.3) is 5.91 Å². The molecule has 1 saturated heterocycles. The second-order valence-electron chi connectivity index (χ2n) is 9.52. The van der Waals surface area contributed by atoms with E-state index in [1.54, 1.807) is 5.01 Å². The molecule has 3 aliphatic rings. The maximum absolute atomic E-state index is 13.6. The highest BCUT2D eigenvalue weighted by Gasteiger charge is 2.43. The Morgan fingerprint density at radius 1 is 1.00 bits per heavy atom. The number of fused-ring (bicyclic) bond motifs is 1. The van der Waals surface area contributed by atoms with Crippen molar-refractivity contribution in [3.8, 4) is 0 Å². The molecule has 34 heavy (non-hydrogen) atoms. The molecule has 1 amide bonds. The Bertz CT molecular complexity index is 1090. The maximum atomic E-state index is 13.6. The van der Waals surface area contributed by atoms with Gasteiger partial charge < -0.3 is 4.90 Å². The molecule has 0 radical (unpaired) electrons. The summed E-state index contributed by atoms with van der Waals surface area (Å²) in [7, 11) is 2.13. The van der Waals surface area contributed by atoms with Crippen LogP contribution in [0.4, 0.5) is 0 Å². The second-order valence-corrected chi connectivity index (χ2v) is 10.4. The third-order valence-electron chi connectivity index (χ3n) is 7.13. The van der Waals surface area contributed by atoms with Crippen LogP contribution in [0.1, 0.15) is 36.4 Å². The van der Waals surface area contributed by atoms with Crippen LogP contribution in [-0.4, -0.2) is 66.2 Å². The van der Waals surface area contributed by atoms with Crippen molar-refractivity contribution in [3.05, 3.63) is 75.3 Å². The van der Waals surface area contributed by atoms with Gasteiger partial charge in [-0.3, -0.25) is 9.69 Å². The molecular formula is C27H30Cl2N4O. The Morgan fingerprint density at radius 2 is 1.65 bits per heavy atom. The summed E-state index contributed by atoms with van der Waals surface area (Å²) in [5, 5.41) is 8.19. The van der Waals surface area contributed by atoms with Crippen molar-refractivity contribution in [2.75, 3.05) is 39.8 Å². The Hall–Kier alpha value is -2.18. The second kappa shape index (κ2) is 10.2. The third kappa shape index (κ3) is 5.08. The van der Waals surface area contributed by atoms with E-state index in [2.05, 4.69) is 22.9 Å². The van der Waals surface area contributed by atoms with Gasteiger partial charge in [0.15, 0.2) is 0 Å². The summed E-state index contributed by atoms with van der Waals surface area (Å²) in [4.78, 5) is 18.1. The number of allylic oxidation sites excluding steroid dienone is 1. The minimum atomic E-state index is -0.0962. The summed E-state index contributed by atoms with van der Waals surface area (Å²) >= 11 is 12.3. The number of hydrogen-bond donors (Lipinski definition) is 0. The fourth-order valence-corrected chi connectivity index (χ4v) is 5.48. The van der Waals surface area contributed by atoms with E-state index < -0.39 is 0 Å². The smallest absolute Gasteiger partial charge is 0.257 e. The average molecular weight is 497 g/mol. The Kier molecular flexibility index (Phi) is 7.07. The molecule has 7 heteroatoms. The number of hydrogen-bond acceptors (Lipinski definition) is 4. The van der Waals surface area contributed by atoms with Gasteiger partial charge in [0, 0.05) is 42.1 Å². The summed E-state index contributed by atoms with van der Waals surface area (Å²) in [5.41, 5.74) is 4.46. The van der Waals surface area contributed by atoms with Crippen LogP contribution in [0.5, 0.6) is 0 Å². The Balaban J connectivity index is 1.46. The molecule has 178 valence electrons. The summed E-state index contributed by atoms with van der Waals surface area (Å²) in [6, 6.07) is 15.7. The number of rotatable bonds is 4. The fourth-order valence-electron chi connectivity index (χ4n) is 5.23. The van der Waals surface area contributed by atoms with Crippen LogP contribution in [0.25, 0.3) is 6.08 Å². The van der Waals surface area contributed by atoms with E-state index in [-0.39, 0.29) is 17.9 Å². The van der Waals surface area contributed by atoms with Gasteiger partial charge >= 0.3 is 0 Å². The topological polar surface area (TPSA) is 39.1 Å². The van der Waals surface area contributed by atoms with Crippen molar-refractivity contribution >= 4 is 40.9 Å². The van der Waals surface area contributed by atoms with Gasteiger partial charge in [0.05, 0.1) is 18.3 Å². The predicted octanol–water partition coefficient (Wildman–Crippen LogP) is 5.36. The number of hydrazone groups is 1. The molecule has 5 rings (SSSR count). The number of carbonyl (C=O) groups is 1. The lowest BCUT2D eigenvalue weighted by molar-refractivity contribution is -0.135. The van der Waals surface area contributed by atoms with Gasteiger partial charge in [-0.05, 0) is 73.4 Å². The van der Waals surface area contributed by atoms with Crippen LogP contribution in [0.15, 0.2) is 59.2 Å². The Morgan fingerprint density at radius 3 is 2.32 bits per heavy atom. The molecule has 0 spiro atoms. The molecule has 0 N–H and O–H groups in total. The number of piperazine rings is 1. The number of carbonyl (C=O) groups excluding carboxylic acids is 1. The van der Waals surface area contributed by atoms with Gasteiger partial charge in [-0.25, -0.2) is 5.01 Å². The highest BCUT2D eigenvalue weighted by atomic mass is 35.5. The van der Waals surface area contributed by atoms with Crippen molar-refractivity contribution in [1.82, 2.24) is 14.8 Å². The molecule has 2 aliphatic heterocycles. The third-order valence-corrected chi connectivity index (χ3v) is 7.64. The quantitative estimate of drug-likeness (QED) is 0.571. The fraction of sp³-hybridized carbons (Fsp3) is 0.407. The summed E-state index contributed by atoms with van der Waals surface area (Å²) < 4.78 is 0. The molecule has 2 heterocycles. The van der Waals surface area contributed by atoms with E-state index in [0.29, 0.717) is 11.6 Å². The lowest BCUT2D eigenvalue weighted by Gasteiger charge is -2.34. The van der Waals surface area contributed by atoms with Crippen LogP contribution in [0, 0.1) is 5.92 Å². The van der Waals surface area contributed by atoms with Crippen LogP contribution in [0.3, 0.4) is 0 Å². The number of likely N-dealkylation sites (N-methyl/N-ethyl adjacent to an activating group) is 1. The molecule has 2 aromatic rings. The Labute approximate surface area is 211 Å². The number of benzene rings is 2. The van der Waals surface area contributed by atoms with E-state index in [1.807, 2.05) is 48.5 Å². The average Bonchev–Trinajstić information content (AvgIpc) is 3.23. The van der Waals surface area contributed by atoms with Crippen molar-refractivity contribution in [3.63, 3.8) is 0 Å².